The van der Waals surface area contributed by atoms with Crippen molar-refractivity contribution in [1.82, 2.24) is 0 Å². The van der Waals surface area contributed by atoms with Crippen LogP contribution in [0.1, 0.15) is 15.9 Å². The van der Waals surface area contributed by atoms with E-state index in [1.54, 1.807) is 18.2 Å². The molecule has 0 heterocycles. The van der Waals surface area contributed by atoms with Crippen molar-refractivity contribution in [1.29, 1.82) is 0 Å². The Balaban J connectivity index is 2.42. The predicted molar refractivity (Wildman–Crippen MR) is 73.1 cm³/mol. The van der Waals surface area contributed by atoms with Crippen LogP contribution in [0, 0.1) is 0 Å². The minimum absolute atomic E-state index is 0.0535. The zero-order valence-corrected chi connectivity index (χ0v) is 11.2. The summed E-state index contributed by atoms with van der Waals surface area (Å²) in [6, 6.07) is 8.90. The van der Waals surface area contributed by atoms with Crippen LogP contribution in [0.4, 0.5) is 24.5 Å². The van der Waals surface area contributed by atoms with E-state index in [1.165, 1.54) is 6.07 Å². The Morgan fingerprint density at radius 2 is 1.86 bits per heavy atom. The van der Waals surface area contributed by atoms with Crippen LogP contribution >= 0.6 is 11.6 Å². The number of carbonyl (C=O) groups is 1. The summed E-state index contributed by atoms with van der Waals surface area (Å²) in [7, 11) is 0. The van der Waals surface area contributed by atoms with Crippen molar-refractivity contribution in [2.24, 2.45) is 0 Å². The van der Waals surface area contributed by atoms with Crippen LogP contribution < -0.4 is 5.32 Å². The summed E-state index contributed by atoms with van der Waals surface area (Å²) in [6.07, 6.45) is -4.60. The van der Waals surface area contributed by atoms with Gasteiger partial charge in [0.2, 0.25) is 0 Å². The Labute approximate surface area is 123 Å². The maximum Gasteiger partial charge on any atom is 0.416 e. The lowest BCUT2D eigenvalue weighted by Crippen LogP contribution is -2.09. The van der Waals surface area contributed by atoms with Gasteiger partial charge in [-0.3, -0.25) is 0 Å². The Morgan fingerprint density at radius 1 is 1.14 bits per heavy atom. The molecule has 0 saturated heterocycles. The number of hydrogen-bond acceptors (Lipinski definition) is 2. The summed E-state index contributed by atoms with van der Waals surface area (Å²) >= 11 is 5.79. The summed E-state index contributed by atoms with van der Waals surface area (Å²) in [5, 5.41) is 12.2. The van der Waals surface area contributed by atoms with Gasteiger partial charge in [-0.15, -0.1) is 0 Å². The zero-order chi connectivity index (χ0) is 15.6. The maximum absolute atomic E-state index is 12.6. The lowest BCUT2D eigenvalue weighted by atomic mass is 10.1. The summed E-state index contributed by atoms with van der Waals surface area (Å²) < 4.78 is 37.8. The van der Waals surface area contributed by atoms with E-state index in [9.17, 15) is 18.0 Å². The topological polar surface area (TPSA) is 49.3 Å². The van der Waals surface area contributed by atoms with Crippen LogP contribution in [0.2, 0.25) is 5.02 Å². The first-order chi connectivity index (χ1) is 9.77. The SMILES string of the molecule is O=C(O)c1cc(C(F)(F)F)ccc1Nc1cccc(Cl)c1. The molecule has 2 aromatic carbocycles. The lowest BCUT2D eigenvalue weighted by Gasteiger charge is -2.13. The van der Waals surface area contributed by atoms with E-state index >= 15 is 0 Å². The number of carboxylic acid groups (broad SMARTS) is 1. The van der Waals surface area contributed by atoms with Crippen molar-refractivity contribution < 1.29 is 23.1 Å². The third-order valence-corrected chi connectivity index (χ3v) is 2.92. The molecule has 0 amide bonds. The molecule has 0 radical (unpaired) electrons. The van der Waals surface area contributed by atoms with Gasteiger partial charge in [0.25, 0.3) is 0 Å². The summed E-state index contributed by atoms with van der Waals surface area (Å²) in [6.45, 7) is 0. The van der Waals surface area contributed by atoms with Gasteiger partial charge in [0.05, 0.1) is 16.8 Å². The molecule has 0 spiro atoms. The number of alkyl halides is 3. The molecule has 0 saturated carbocycles. The molecule has 0 aliphatic carbocycles. The zero-order valence-electron chi connectivity index (χ0n) is 10.4. The number of hydrogen-bond donors (Lipinski definition) is 2. The molecule has 110 valence electrons. The van der Waals surface area contributed by atoms with E-state index in [0.29, 0.717) is 16.8 Å². The number of rotatable bonds is 3. The Kier molecular flexibility index (Phi) is 4.09. The Hall–Kier alpha value is -2.21. The van der Waals surface area contributed by atoms with Crippen molar-refractivity contribution in [3.8, 4) is 0 Å². The van der Waals surface area contributed by atoms with Crippen LogP contribution in [0.3, 0.4) is 0 Å². The molecule has 3 nitrogen and oxygen atoms in total. The van der Waals surface area contributed by atoms with Gasteiger partial charge in [0, 0.05) is 10.7 Å². The highest BCUT2D eigenvalue weighted by molar-refractivity contribution is 6.30. The molecule has 2 rings (SSSR count). The first-order valence-corrected chi connectivity index (χ1v) is 6.12. The second-order valence-electron chi connectivity index (χ2n) is 4.20. The molecule has 0 bridgehead atoms. The van der Waals surface area contributed by atoms with Crippen molar-refractivity contribution >= 4 is 28.9 Å². The van der Waals surface area contributed by atoms with E-state index < -0.39 is 23.3 Å². The quantitative estimate of drug-likeness (QED) is 0.855. The highest BCUT2D eigenvalue weighted by atomic mass is 35.5. The third-order valence-electron chi connectivity index (χ3n) is 2.68. The van der Waals surface area contributed by atoms with E-state index in [4.69, 9.17) is 16.7 Å². The second kappa shape index (κ2) is 5.65. The lowest BCUT2D eigenvalue weighted by molar-refractivity contribution is -0.137. The Bertz CT molecular complexity index is 686. The number of anilines is 2. The molecule has 0 fully saturated rings. The monoisotopic (exact) mass is 315 g/mol. The highest BCUT2D eigenvalue weighted by Crippen LogP contribution is 2.33. The van der Waals surface area contributed by atoms with Gasteiger partial charge in [-0.05, 0) is 36.4 Å². The minimum Gasteiger partial charge on any atom is -0.478 e. The van der Waals surface area contributed by atoms with Gasteiger partial charge < -0.3 is 10.4 Å². The first-order valence-electron chi connectivity index (χ1n) is 5.74. The average Bonchev–Trinajstić information content (AvgIpc) is 2.37. The fourth-order valence-electron chi connectivity index (χ4n) is 1.73. The van der Waals surface area contributed by atoms with Crippen LogP contribution in [0.15, 0.2) is 42.5 Å². The van der Waals surface area contributed by atoms with Gasteiger partial charge in [0.1, 0.15) is 0 Å². The molecule has 2 aromatic rings. The molecule has 0 aromatic heterocycles. The Morgan fingerprint density at radius 3 is 2.43 bits per heavy atom. The van der Waals surface area contributed by atoms with E-state index in [0.717, 1.165) is 12.1 Å². The molecular formula is C14H9ClF3NO2. The van der Waals surface area contributed by atoms with Gasteiger partial charge in [-0.2, -0.15) is 13.2 Å². The summed E-state index contributed by atoms with van der Waals surface area (Å²) in [5.74, 6) is -1.45. The van der Waals surface area contributed by atoms with Crippen molar-refractivity contribution in [3.05, 3.63) is 58.6 Å². The van der Waals surface area contributed by atoms with Crippen LogP contribution in [0.25, 0.3) is 0 Å². The van der Waals surface area contributed by atoms with Crippen molar-refractivity contribution in [3.63, 3.8) is 0 Å². The predicted octanol–water partition coefficient (Wildman–Crippen LogP) is 4.80. The van der Waals surface area contributed by atoms with Crippen LogP contribution in [-0.4, -0.2) is 11.1 Å². The largest absolute Gasteiger partial charge is 0.478 e. The van der Waals surface area contributed by atoms with Gasteiger partial charge in [0.15, 0.2) is 0 Å². The van der Waals surface area contributed by atoms with Crippen molar-refractivity contribution in [2.75, 3.05) is 5.32 Å². The smallest absolute Gasteiger partial charge is 0.416 e. The molecule has 2 N–H and O–H groups in total. The normalized spacial score (nSPS) is 11.2. The van der Waals surface area contributed by atoms with Gasteiger partial charge in [-0.25, -0.2) is 4.79 Å². The number of carboxylic acids is 1. The first kappa shape index (κ1) is 15.2. The molecule has 0 unspecified atom stereocenters. The third kappa shape index (κ3) is 3.66. The number of benzene rings is 2. The molecule has 7 heteroatoms. The number of nitrogens with one attached hydrogen (secondary N) is 1. The van der Waals surface area contributed by atoms with E-state index in [1.807, 2.05) is 0 Å². The number of aromatic carboxylic acids is 1. The van der Waals surface area contributed by atoms with Crippen LogP contribution in [0.5, 0.6) is 0 Å². The average molecular weight is 316 g/mol. The molecule has 0 atom stereocenters. The fourth-order valence-corrected chi connectivity index (χ4v) is 1.92. The second-order valence-corrected chi connectivity index (χ2v) is 4.64. The van der Waals surface area contributed by atoms with Gasteiger partial charge in [-0.1, -0.05) is 17.7 Å². The summed E-state index contributed by atoms with van der Waals surface area (Å²) in [4.78, 5) is 11.1. The standard InChI is InChI=1S/C14H9ClF3NO2/c15-9-2-1-3-10(7-9)19-12-5-4-8(14(16,17)18)6-11(12)13(20)21/h1-7,19H,(H,20,21). The van der Waals surface area contributed by atoms with Crippen LogP contribution in [-0.2, 0) is 6.18 Å². The highest BCUT2D eigenvalue weighted by Gasteiger charge is 2.31. The van der Waals surface area contributed by atoms with E-state index in [2.05, 4.69) is 5.32 Å². The van der Waals surface area contributed by atoms with E-state index in [-0.39, 0.29) is 5.69 Å². The molecular weight excluding hydrogens is 307 g/mol. The molecule has 0 aliphatic heterocycles. The van der Waals surface area contributed by atoms with Gasteiger partial charge >= 0.3 is 12.1 Å². The molecule has 21 heavy (non-hydrogen) atoms. The maximum atomic E-state index is 12.6. The fraction of sp³-hybridized carbons (Fsp3) is 0.0714. The molecule has 0 aliphatic rings. The van der Waals surface area contributed by atoms with Crippen molar-refractivity contribution in [2.45, 2.75) is 6.18 Å². The minimum atomic E-state index is -4.60. The number of halogens is 4. The summed E-state index contributed by atoms with van der Waals surface area (Å²) in [5.41, 5.74) is -0.955.